The normalized spacial score (nSPS) is 11.5. The molecular weight excluding hydrogens is 354 g/mol. The number of hydrogen-bond donors (Lipinski definition) is 0. The van der Waals surface area contributed by atoms with Gasteiger partial charge in [0.05, 0.1) is 22.6 Å². The van der Waals surface area contributed by atoms with Gasteiger partial charge >= 0.3 is 5.97 Å². The number of nitrogens with zero attached hydrogens (tertiary/aromatic N) is 1. The van der Waals surface area contributed by atoms with Crippen LogP contribution in [0.5, 0.6) is 0 Å². The van der Waals surface area contributed by atoms with Crippen molar-refractivity contribution in [2.75, 3.05) is 6.61 Å². The summed E-state index contributed by atoms with van der Waals surface area (Å²) in [6.45, 7) is 3.17. The number of ether oxygens (including phenoxy) is 1. The van der Waals surface area contributed by atoms with Crippen LogP contribution in [0.25, 0.3) is 10.9 Å². The standard InChI is InChI=1S/C19H17NO5S/c1-3-25-19(22)18(21)17-13(2)20(16-12-8-7-11-15(16)17)26(23,24)14-9-5-4-6-10-14/h4-12H,3H2,1-2H3. The van der Waals surface area contributed by atoms with Crippen molar-refractivity contribution >= 4 is 32.7 Å². The Hall–Kier alpha value is -2.93. The van der Waals surface area contributed by atoms with E-state index in [9.17, 15) is 18.0 Å². The van der Waals surface area contributed by atoms with Crippen molar-refractivity contribution in [3.8, 4) is 0 Å². The second-order valence-electron chi connectivity index (χ2n) is 5.61. The fraction of sp³-hybridized carbons (Fsp3) is 0.158. The maximum absolute atomic E-state index is 13.1. The minimum atomic E-state index is -3.93. The highest BCUT2D eigenvalue weighted by molar-refractivity contribution is 7.90. The first-order valence-electron chi connectivity index (χ1n) is 8.01. The molecule has 0 N–H and O–H groups in total. The molecule has 0 aliphatic heterocycles. The number of hydrogen-bond acceptors (Lipinski definition) is 5. The van der Waals surface area contributed by atoms with Crippen LogP contribution in [0.2, 0.25) is 0 Å². The molecule has 0 unspecified atom stereocenters. The van der Waals surface area contributed by atoms with E-state index in [1.165, 1.54) is 19.1 Å². The maximum atomic E-state index is 13.1. The van der Waals surface area contributed by atoms with Crippen LogP contribution in [0.1, 0.15) is 23.0 Å². The Bertz CT molecular complexity index is 1100. The largest absolute Gasteiger partial charge is 0.460 e. The zero-order valence-corrected chi connectivity index (χ0v) is 15.1. The fourth-order valence-corrected chi connectivity index (χ4v) is 4.51. The number of carbonyl (C=O) groups excluding carboxylic acids is 2. The lowest BCUT2D eigenvalue weighted by atomic mass is 10.1. The van der Waals surface area contributed by atoms with Gasteiger partial charge in [0.2, 0.25) is 0 Å². The second kappa shape index (κ2) is 6.76. The molecule has 1 heterocycles. The number of Topliss-reactive ketones (excluding diaryl/α,β-unsaturated/α-hetero) is 1. The van der Waals surface area contributed by atoms with E-state index in [0.717, 1.165) is 3.97 Å². The van der Waals surface area contributed by atoms with Crippen LogP contribution in [0.3, 0.4) is 0 Å². The summed E-state index contributed by atoms with van der Waals surface area (Å²) in [5, 5.41) is 0.391. The molecule has 2 aromatic carbocycles. The molecule has 1 aromatic heterocycles. The Morgan fingerprint density at radius 3 is 2.27 bits per heavy atom. The molecule has 0 saturated heterocycles. The van der Waals surface area contributed by atoms with Gasteiger partial charge in [0.15, 0.2) is 0 Å². The van der Waals surface area contributed by atoms with E-state index >= 15 is 0 Å². The lowest BCUT2D eigenvalue weighted by molar-refractivity contribution is -0.137. The summed E-state index contributed by atoms with van der Waals surface area (Å²) in [5.41, 5.74) is 0.549. The molecule has 26 heavy (non-hydrogen) atoms. The van der Waals surface area contributed by atoms with Gasteiger partial charge in [-0.25, -0.2) is 17.2 Å². The third-order valence-corrected chi connectivity index (χ3v) is 5.85. The van der Waals surface area contributed by atoms with Crippen LogP contribution in [-0.2, 0) is 19.6 Å². The predicted molar refractivity (Wildman–Crippen MR) is 96.7 cm³/mol. The first kappa shape index (κ1) is 17.9. The van der Waals surface area contributed by atoms with Crippen LogP contribution >= 0.6 is 0 Å². The summed E-state index contributed by atoms with van der Waals surface area (Å²) in [6, 6.07) is 14.5. The van der Waals surface area contributed by atoms with Crippen molar-refractivity contribution in [1.29, 1.82) is 0 Å². The number of carbonyl (C=O) groups is 2. The van der Waals surface area contributed by atoms with Gasteiger partial charge in [0.1, 0.15) is 0 Å². The van der Waals surface area contributed by atoms with Crippen LogP contribution in [0.15, 0.2) is 59.5 Å². The Balaban J connectivity index is 2.31. The summed E-state index contributed by atoms with van der Waals surface area (Å²) >= 11 is 0. The minimum absolute atomic E-state index is 0.0403. The molecule has 0 saturated carbocycles. The summed E-state index contributed by atoms with van der Waals surface area (Å²) in [5.74, 6) is -1.86. The van der Waals surface area contributed by atoms with Crippen LogP contribution < -0.4 is 0 Å². The minimum Gasteiger partial charge on any atom is -0.460 e. The zero-order chi connectivity index (χ0) is 18.9. The maximum Gasteiger partial charge on any atom is 0.379 e. The summed E-state index contributed by atoms with van der Waals surface area (Å²) < 4.78 is 32.2. The van der Waals surface area contributed by atoms with Crippen LogP contribution in [0.4, 0.5) is 0 Å². The third-order valence-electron chi connectivity index (χ3n) is 4.03. The number of rotatable bonds is 5. The molecule has 0 aliphatic carbocycles. The molecule has 7 heteroatoms. The van der Waals surface area contributed by atoms with Crippen molar-refractivity contribution in [3.63, 3.8) is 0 Å². The Morgan fingerprint density at radius 1 is 1.00 bits per heavy atom. The van der Waals surface area contributed by atoms with Crippen molar-refractivity contribution in [3.05, 3.63) is 65.9 Å². The average Bonchev–Trinajstić information content (AvgIpc) is 2.94. The predicted octanol–water partition coefficient (Wildman–Crippen LogP) is 2.93. The molecule has 0 fully saturated rings. The highest BCUT2D eigenvalue weighted by atomic mass is 32.2. The van der Waals surface area contributed by atoms with Gasteiger partial charge < -0.3 is 4.74 Å². The number of aromatic nitrogens is 1. The topological polar surface area (TPSA) is 82.4 Å². The molecular formula is C19H17NO5S. The monoisotopic (exact) mass is 371 g/mol. The van der Waals surface area contributed by atoms with E-state index < -0.39 is 21.8 Å². The first-order chi connectivity index (χ1) is 12.4. The van der Waals surface area contributed by atoms with E-state index in [1.807, 2.05) is 0 Å². The van der Waals surface area contributed by atoms with Crippen LogP contribution in [-0.4, -0.2) is 30.7 Å². The smallest absolute Gasteiger partial charge is 0.379 e. The SMILES string of the molecule is CCOC(=O)C(=O)c1c(C)n(S(=O)(=O)c2ccccc2)c2ccccc12. The fourth-order valence-electron chi connectivity index (χ4n) is 2.93. The summed E-state index contributed by atoms with van der Waals surface area (Å²) in [6.07, 6.45) is 0. The molecule has 0 amide bonds. The first-order valence-corrected chi connectivity index (χ1v) is 9.45. The molecule has 3 rings (SSSR count). The number of para-hydroxylation sites is 1. The van der Waals surface area contributed by atoms with E-state index in [4.69, 9.17) is 4.74 Å². The van der Waals surface area contributed by atoms with Crippen LogP contribution in [0, 0.1) is 6.92 Å². The van der Waals surface area contributed by atoms with Crippen molar-refractivity contribution < 1.29 is 22.7 Å². The lowest BCUT2D eigenvalue weighted by Crippen LogP contribution is -2.20. The summed E-state index contributed by atoms with van der Waals surface area (Å²) in [7, 11) is -3.93. The Morgan fingerprint density at radius 2 is 1.62 bits per heavy atom. The number of fused-ring (bicyclic) bond motifs is 1. The quantitative estimate of drug-likeness (QED) is 0.391. The number of esters is 1. The second-order valence-corrected chi connectivity index (χ2v) is 7.40. The molecule has 0 radical (unpaired) electrons. The van der Waals surface area contributed by atoms with Gasteiger partial charge in [-0.15, -0.1) is 0 Å². The number of ketones is 1. The third kappa shape index (κ3) is 2.80. The van der Waals surface area contributed by atoms with E-state index in [1.54, 1.807) is 49.4 Å². The lowest BCUT2D eigenvalue weighted by Gasteiger charge is -2.10. The number of benzene rings is 2. The van der Waals surface area contributed by atoms with Gasteiger partial charge in [-0.2, -0.15) is 0 Å². The average molecular weight is 371 g/mol. The zero-order valence-electron chi connectivity index (χ0n) is 14.3. The van der Waals surface area contributed by atoms with Gasteiger partial charge in [-0.05, 0) is 32.0 Å². The van der Waals surface area contributed by atoms with Crippen molar-refractivity contribution in [2.45, 2.75) is 18.7 Å². The van der Waals surface area contributed by atoms with Gasteiger partial charge in [0.25, 0.3) is 15.8 Å². The molecule has 0 aliphatic rings. The molecule has 0 spiro atoms. The Kier molecular flexibility index (Phi) is 4.65. The summed E-state index contributed by atoms with van der Waals surface area (Å²) in [4.78, 5) is 24.6. The molecule has 0 atom stereocenters. The van der Waals surface area contributed by atoms with Gasteiger partial charge in [-0.1, -0.05) is 36.4 Å². The highest BCUT2D eigenvalue weighted by Crippen LogP contribution is 2.30. The highest BCUT2D eigenvalue weighted by Gasteiger charge is 2.30. The van der Waals surface area contributed by atoms with E-state index in [-0.39, 0.29) is 22.8 Å². The van der Waals surface area contributed by atoms with Crippen molar-refractivity contribution in [1.82, 2.24) is 3.97 Å². The molecule has 0 bridgehead atoms. The molecule has 134 valence electrons. The van der Waals surface area contributed by atoms with Crippen molar-refractivity contribution in [2.24, 2.45) is 0 Å². The molecule has 3 aromatic rings. The molecule has 6 nitrogen and oxygen atoms in total. The van der Waals surface area contributed by atoms with E-state index in [0.29, 0.717) is 10.9 Å². The Labute approximate surface area is 151 Å². The van der Waals surface area contributed by atoms with E-state index in [2.05, 4.69) is 0 Å². The van der Waals surface area contributed by atoms with Gasteiger partial charge in [0, 0.05) is 11.1 Å². The van der Waals surface area contributed by atoms with Gasteiger partial charge in [-0.3, -0.25) is 4.79 Å².